The van der Waals surface area contributed by atoms with E-state index in [-0.39, 0.29) is 5.41 Å². The Morgan fingerprint density at radius 1 is 1.18 bits per heavy atom. The molecule has 0 unspecified atom stereocenters. The van der Waals surface area contributed by atoms with Gasteiger partial charge in [0.2, 0.25) is 0 Å². The Morgan fingerprint density at radius 2 is 1.82 bits per heavy atom. The number of ether oxygens (including phenoxy) is 2. The summed E-state index contributed by atoms with van der Waals surface area (Å²) in [7, 11) is 1.63. The molecule has 1 aromatic heterocycles. The highest BCUT2D eigenvalue weighted by molar-refractivity contribution is 5.31. The van der Waals surface area contributed by atoms with Gasteiger partial charge in [0.15, 0.2) is 5.69 Å². The van der Waals surface area contributed by atoms with Crippen molar-refractivity contribution >= 4 is 0 Å². The van der Waals surface area contributed by atoms with Gasteiger partial charge in [-0.25, -0.2) is 4.68 Å². The summed E-state index contributed by atoms with van der Waals surface area (Å²) in [5, 5.41) is 17.1. The molecule has 0 saturated heterocycles. The summed E-state index contributed by atoms with van der Waals surface area (Å²) in [5.74, 6) is 1.55. The van der Waals surface area contributed by atoms with Gasteiger partial charge in [-0.1, -0.05) is 26.0 Å². The van der Waals surface area contributed by atoms with Gasteiger partial charge in [-0.3, -0.25) is 0 Å². The molecule has 1 heterocycles. The summed E-state index contributed by atoms with van der Waals surface area (Å²) in [6, 6.07) is 9.49. The molecule has 0 radical (unpaired) electrons. The Bertz CT molecular complexity index is 663. The van der Waals surface area contributed by atoms with E-state index in [2.05, 4.69) is 16.4 Å². The third-order valence-electron chi connectivity index (χ3n) is 3.18. The molecular formula is C16H20N4O2. The first-order valence-electron chi connectivity index (χ1n) is 7.06. The molecule has 0 fully saturated rings. The van der Waals surface area contributed by atoms with Crippen LogP contribution in [0, 0.1) is 11.3 Å². The number of nitrogens with zero attached hydrogens (tertiary/aromatic N) is 4. The number of aromatic nitrogens is 3. The largest absolute Gasteiger partial charge is 0.497 e. The van der Waals surface area contributed by atoms with E-state index in [0.29, 0.717) is 18.8 Å². The predicted octanol–water partition coefficient (Wildman–Crippen LogP) is 2.53. The first-order chi connectivity index (χ1) is 10.5. The maximum atomic E-state index is 9.14. The van der Waals surface area contributed by atoms with E-state index < -0.39 is 0 Å². The van der Waals surface area contributed by atoms with Crippen LogP contribution in [0.3, 0.4) is 0 Å². The highest BCUT2D eigenvalue weighted by Gasteiger charge is 2.25. The highest BCUT2D eigenvalue weighted by Crippen LogP contribution is 2.24. The molecule has 2 aromatic rings. The van der Waals surface area contributed by atoms with Gasteiger partial charge in [-0.05, 0) is 24.3 Å². The quantitative estimate of drug-likeness (QED) is 0.848. The number of benzene rings is 1. The molecule has 0 bridgehead atoms. The van der Waals surface area contributed by atoms with E-state index in [1.165, 1.54) is 0 Å². The Morgan fingerprint density at radius 3 is 2.36 bits per heavy atom. The van der Waals surface area contributed by atoms with E-state index in [4.69, 9.17) is 14.7 Å². The Balaban J connectivity index is 2.03. The molecule has 6 nitrogen and oxygen atoms in total. The standard InChI is InChI=1S/C16H20N4O2/c1-16(2,3)15-14(11-17)18-19-20(15)9-10-22-13-7-5-12(21-4)6-8-13/h5-8H,9-10H2,1-4H3. The van der Waals surface area contributed by atoms with Crippen LogP contribution in [0.15, 0.2) is 24.3 Å². The van der Waals surface area contributed by atoms with Crippen molar-refractivity contribution < 1.29 is 9.47 Å². The van der Waals surface area contributed by atoms with Gasteiger partial charge in [0, 0.05) is 5.41 Å². The first-order valence-corrected chi connectivity index (χ1v) is 7.06. The van der Waals surface area contributed by atoms with Crippen LogP contribution >= 0.6 is 0 Å². The molecule has 0 aliphatic rings. The van der Waals surface area contributed by atoms with E-state index >= 15 is 0 Å². The van der Waals surface area contributed by atoms with Crippen molar-refractivity contribution in [1.29, 1.82) is 5.26 Å². The van der Waals surface area contributed by atoms with Crippen molar-refractivity contribution in [2.75, 3.05) is 13.7 Å². The highest BCUT2D eigenvalue weighted by atomic mass is 16.5. The Hall–Kier alpha value is -2.55. The second kappa shape index (κ2) is 6.48. The van der Waals surface area contributed by atoms with Gasteiger partial charge in [0.1, 0.15) is 24.2 Å². The molecule has 0 aliphatic heterocycles. The van der Waals surface area contributed by atoms with Crippen LogP contribution in [0.5, 0.6) is 11.5 Å². The van der Waals surface area contributed by atoms with Crippen molar-refractivity contribution in [2.24, 2.45) is 0 Å². The molecule has 0 amide bonds. The molecule has 1 aromatic carbocycles. The summed E-state index contributed by atoms with van der Waals surface area (Å²) in [5.41, 5.74) is 1.000. The molecular weight excluding hydrogens is 280 g/mol. The lowest BCUT2D eigenvalue weighted by Crippen LogP contribution is -2.22. The lowest BCUT2D eigenvalue weighted by Gasteiger charge is -2.19. The van der Waals surface area contributed by atoms with E-state index in [0.717, 1.165) is 17.2 Å². The van der Waals surface area contributed by atoms with Crippen molar-refractivity contribution in [2.45, 2.75) is 32.7 Å². The molecule has 0 aliphatic carbocycles. The van der Waals surface area contributed by atoms with Gasteiger partial charge in [-0.15, -0.1) is 5.10 Å². The van der Waals surface area contributed by atoms with E-state index in [9.17, 15) is 0 Å². The van der Waals surface area contributed by atoms with Gasteiger partial charge >= 0.3 is 0 Å². The third kappa shape index (κ3) is 3.55. The lowest BCUT2D eigenvalue weighted by molar-refractivity contribution is 0.283. The Labute approximate surface area is 130 Å². The number of rotatable bonds is 5. The maximum Gasteiger partial charge on any atom is 0.186 e. The van der Waals surface area contributed by atoms with Crippen molar-refractivity contribution in [3.05, 3.63) is 35.7 Å². The minimum absolute atomic E-state index is 0.200. The number of hydrogen-bond donors (Lipinski definition) is 0. The van der Waals surface area contributed by atoms with Crippen LogP contribution in [0.25, 0.3) is 0 Å². The summed E-state index contributed by atoms with van der Waals surface area (Å²) in [6.07, 6.45) is 0. The monoisotopic (exact) mass is 300 g/mol. The fourth-order valence-corrected chi connectivity index (χ4v) is 2.21. The maximum absolute atomic E-state index is 9.14. The molecule has 6 heteroatoms. The fraction of sp³-hybridized carbons (Fsp3) is 0.438. The van der Waals surface area contributed by atoms with Crippen LogP contribution in [0.2, 0.25) is 0 Å². The second-order valence-electron chi connectivity index (χ2n) is 5.90. The average molecular weight is 300 g/mol. The molecule has 116 valence electrons. The number of methoxy groups -OCH3 is 1. The minimum atomic E-state index is -0.200. The third-order valence-corrected chi connectivity index (χ3v) is 3.18. The van der Waals surface area contributed by atoms with Gasteiger partial charge in [0.05, 0.1) is 19.3 Å². The van der Waals surface area contributed by atoms with E-state index in [1.807, 2.05) is 45.0 Å². The van der Waals surface area contributed by atoms with Crippen molar-refractivity contribution in [3.8, 4) is 17.6 Å². The molecule has 0 spiro atoms. The Kier molecular flexibility index (Phi) is 4.66. The second-order valence-corrected chi connectivity index (χ2v) is 5.90. The summed E-state index contributed by atoms with van der Waals surface area (Å²) in [4.78, 5) is 0. The zero-order chi connectivity index (χ0) is 16.2. The summed E-state index contributed by atoms with van der Waals surface area (Å²) >= 11 is 0. The van der Waals surface area contributed by atoms with Crippen LogP contribution in [-0.2, 0) is 12.0 Å². The predicted molar refractivity (Wildman–Crippen MR) is 81.9 cm³/mol. The minimum Gasteiger partial charge on any atom is -0.497 e. The van der Waals surface area contributed by atoms with E-state index in [1.54, 1.807) is 11.8 Å². The van der Waals surface area contributed by atoms with Gasteiger partial charge < -0.3 is 9.47 Å². The molecule has 0 saturated carbocycles. The van der Waals surface area contributed by atoms with Gasteiger partial charge in [-0.2, -0.15) is 5.26 Å². The van der Waals surface area contributed by atoms with Crippen molar-refractivity contribution in [3.63, 3.8) is 0 Å². The van der Waals surface area contributed by atoms with Gasteiger partial charge in [0.25, 0.3) is 0 Å². The smallest absolute Gasteiger partial charge is 0.186 e. The zero-order valence-corrected chi connectivity index (χ0v) is 13.3. The van der Waals surface area contributed by atoms with Crippen LogP contribution < -0.4 is 9.47 Å². The number of nitriles is 1. The molecule has 0 N–H and O–H groups in total. The summed E-state index contributed by atoms with van der Waals surface area (Å²) in [6.45, 7) is 7.09. The topological polar surface area (TPSA) is 73.0 Å². The zero-order valence-electron chi connectivity index (χ0n) is 13.3. The van der Waals surface area contributed by atoms with Crippen LogP contribution in [0.4, 0.5) is 0 Å². The van der Waals surface area contributed by atoms with Crippen LogP contribution in [0.1, 0.15) is 32.2 Å². The molecule has 2 rings (SSSR count). The lowest BCUT2D eigenvalue weighted by atomic mass is 9.90. The van der Waals surface area contributed by atoms with Crippen molar-refractivity contribution in [1.82, 2.24) is 15.0 Å². The fourth-order valence-electron chi connectivity index (χ4n) is 2.21. The SMILES string of the molecule is COc1ccc(OCCn2nnc(C#N)c2C(C)(C)C)cc1. The molecule has 22 heavy (non-hydrogen) atoms. The normalized spacial score (nSPS) is 11.0. The van der Waals surface area contributed by atoms with Crippen LogP contribution in [-0.4, -0.2) is 28.7 Å². The number of hydrogen-bond acceptors (Lipinski definition) is 5. The summed E-state index contributed by atoms with van der Waals surface area (Å²) < 4.78 is 12.5. The average Bonchev–Trinajstić information content (AvgIpc) is 2.91. The first kappa shape index (κ1) is 15.8. The molecule has 0 atom stereocenters.